The fraction of sp³-hybridized carbons (Fsp3) is 0.455. The Morgan fingerprint density at radius 2 is 2.06 bits per heavy atom. The van der Waals surface area contributed by atoms with Gasteiger partial charge in [0.05, 0.1) is 4.90 Å². The van der Waals surface area contributed by atoms with Crippen molar-refractivity contribution >= 4 is 26.0 Å². The smallest absolute Gasteiger partial charge is 0.242 e. The second-order valence-electron chi connectivity index (χ2n) is 4.54. The minimum Gasteiger partial charge on any atom is -0.396 e. The normalized spacial score (nSPS) is 12.7. The molecule has 0 saturated carbocycles. The summed E-state index contributed by atoms with van der Waals surface area (Å²) in [5.74, 6) is -0.518. The molecule has 1 aromatic rings. The fourth-order valence-corrected chi connectivity index (χ4v) is 3.93. The monoisotopic (exact) mass is 339 g/mol. The lowest BCUT2D eigenvalue weighted by molar-refractivity contribution is 0.245. The summed E-state index contributed by atoms with van der Waals surface area (Å²) in [4.78, 5) is -0.0325. The number of aliphatic hydroxyl groups is 1. The van der Waals surface area contributed by atoms with E-state index in [1.165, 1.54) is 6.07 Å². The van der Waals surface area contributed by atoms with Crippen LogP contribution in [0, 0.1) is 5.82 Å². The number of hydrogen-bond acceptors (Lipinski definition) is 3. The van der Waals surface area contributed by atoms with Gasteiger partial charge in [-0.2, -0.15) is 0 Å². The first-order valence-electron chi connectivity index (χ1n) is 5.28. The predicted molar refractivity (Wildman–Crippen MR) is 70.2 cm³/mol. The molecule has 0 unspecified atom stereocenters. The standard InChI is InChI=1S/C11H15BrFNO3S/c1-11(2,5-6-15)14-18(16,17)10-4-3-8(13)7-9(10)12/h3-4,7,14-15H,5-6H2,1-2H3. The summed E-state index contributed by atoms with van der Waals surface area (Å²) in [6.45, 7) is 3.20. The highest BCUT2D eigenvalue weighted by Gasteiger charge is 2.27. The van der Waals surface area contributed by atoms with E-state index in [0.29, 0.717) is 0 Å². The second-order valence-corrected chi connectivity index (χ2v) is 7.04. The van der Waals surface area contributed by atoms with Gasteiger partial charge < -0.3 is 5.11 Å². The summed E-state index contributed by atoms with van der Waals surface area (Å²) < 4.78 is 39.8. The molecule has 102 valence electrons. The Bertz CT molecular complexity index is 531. The van der Waals surface area contributed by atoms with Crippen LogP contribution in [0.3, 0.4) is 0 Å². The van der Waals surface area contributed by atoms with Crippen molar-refractivity contribution < 1.29 is 17.9 Å². The lowest BCUT2D eigenvalue weighted by Gasteiger charge is -2.25. The Morgan fingerprint density at radius 1 is 1.44 bits per heavy atom. The van der Waals surface area contributed by atoms with Crippen LogP contribution in [0.5, 0.6) is 0 Å². The molecule has 1 rings (SSSR count). The van der Waals surface area contributed by atoms with Crippen molar-refractivity contribution in [2.75, 3.05) is 6.61 Å². The van der Waals surface area contributed by atoms with Gasteiger partial charge >= 0.3 is 0 Å². The van der Waals surface area contributed by atoms with Gasteiger partial charge in [0.1, 0.15) is 5.82 Å². The maximum Gasteiger partial charge on any atom is 0.242 e. The number of aliphatic hydroxyl groups excluding tert-OH is 1. The SMILES string of the molecule is CC(C)(CCO)NS(=O)(=O)c1ccc(F)cc1Br. The van der Waals surface area contributed by atoms with Gasteiger partial charge in [-0.05, 0) is 54.4 Å². The molecule has 0 saturated heterocycles. The van der Waals surface area contributed by atoms with E-state index in [9.17, 15) is 12.8 Å². The molecule has 2 N–H and O–H groups in total. The summed E-state index contributed by atoms with van der Waals surface area (Å²) >= 11 is 3.02. The van der Waals surface area contributed by atoms with Gasteiger partial charge in [0.25, 0.3) is 0 Å². The van der Waals surface area contributed by atoms with Crippen LogP contribution in [0.15, 0.2) is 27.6 Å². The van der Waals surface area contributed by atoms with E-state index in [2.05, 4.69) is 20.7 Å². The topological polar surface area (TPSA) is 66.4 Å². The van der Waals surface area contributed by atoms with Crippen LogP contribution in [-0.2, 0) is 10.0 Å². The third-order valence-corrected chi connectivity index (χ3v) is 5.01. The first-order valence-corrected chi connectivity index (χ1v) is 7.55. The molecule has 0 aromatic heterocycles. The number of hydrogen-bond donors (Lipinski definition) is 2. The van der Waals surface area contributed by atoms with Gasteiger partial charge in [-0.3, -0.25) is 0 Å². The number of nitrogens with one attached hydrogen (secondary N) is 1. The van der Waals surface area contributed by atoms with Crippen molar-refractivity contribution in [3.63, 3.8) is 0 Å². The maximum atomic E-state index is 12.9. The molecule has 0 bridgehead atoms. The zero-order chi connectivity index (χ0) is 14.0. The second kappa shape index (κ2) is 5.64. The molecule has 7 heteroatoms. The average Bonchev–Trinajstić information content (AvgIpc) is 2.14. The summed E-state index contributed by atoms with van der Waals surface area (Å²) in [6, 6.07) is 3.36. The van der Waals surface area contributed by atoms with Gasteiger partial charge in [-0.1, -0.05) is 0 Å². The van der Waals surface area contributed by atoms with Crippen LogP contribution in [-0.4, -0.2) is 25.7 Å². The van der Waals surface area contributed by atoms with Crippen LogP contribution in [0.1, 0.15) is 20.3 Å². The molecule has 0 aliphatic rings. The van der Waals surface area contributed by atoms with Crippen molar-refractivity contribution in [3.05, 3.63) is 28.5 Å². The summed E-state index contributed by atoms with van der Waals surface area (Å²) in [6.07, 6.45) is 0.283. The highest BCUT2D eigenvalue weighted by atomic mass is 79.9. The van der Waals surface area contributed by atoms with Crippen molar-refractivity contribution in [1.82, 2.24) is 4.72 Å². The first kappa shape index (κ1) is 15.6. The maximum absolute atomic E-state index is 12.9. The molecular weight excluding hydrogens is 325 g/mol. The Balaban J connectivity index is 3.07. The lowest BCUT2D eigenvalue weighted by Crippen LogP contribution is -2.44. The molecule has 18 heavy (non-hydrogen) atoms. The molecule has 0 atom stereocenters. The van der Waals surface area contributed by atoms with E-state index in [1.807, 2.05) is 0 Å². The predicted octanol–water partition coefficient (Wildman–Crippen LogP) is 2.03. The van der Waals surface area contributed by atoms with Gasteiger partial charge in [-0.25, -0.2) is 17.5 Å². The molecule has 0 amide bonds. The first-order chi connectivity index (χ1) is 8.18. The number of halogens is 2. The molecule has 1 aromatic carbocycles. The highest BCUT2D eigenvalue weighted by molar-refractivity contribution is 9.10. The van der Waals surface area contributed by atoms with Crippen molar-refractivity contribution in [3.8, 4) is 0 Å². The van der Waals surface area contributed by atoms with E-state index in [1.54, 1.807) is 13.8 Å². The van der Waals surface area contributed by atoms with Gasteiger partial charge in [0, 0.05) is 16.6 Å². The van der Waals surface area contributed by atoms with E-state index < -0.39 is 21.4 Å². The van der Waals surface area contributed by atoms with Crippen molar-refractivity contribution in [2.24, 2.45) is 0 Å². The molecule has 0 aliphatic heterocycles. The molecule has 4 nitrogen and oxygen atoms in total. The minimum absolute atomic E-state index is 0.0325. The van der Waals surface area contributed by atoms with Crippen LogP contribution < -0.4 is 4.72 Å². The van der Waals surface area contributed by atoms with Crippen molar-refractivity contribution in [1.29, 1.82) is 0 Å². The third-order valence-electron chi connectivity index (χ3n) is 2.33. The Morgan fingerprint density at radius 3 is 2.56 bits per heavy atom. The third kappa shape index (κ3) is 4.01. The fourth-order valence-electron chi connectivity index (χ4n) is 1.44. The Kier molecular flexibility index (Phi) is 4.88. The van der Waals surface area contributed by atoms with Gasteiger partial charge in [0.2, 0.25) is 10.0 Å². The molecule has 0 fully saturated rings. The van der Waals surface area contributed by atoms with E-state index in [0.717, 1.165) is 12.1 Å². The number of benzene rings is 1. The zero-order valence-corrected chi connectivity index (χ0v) is 12.5. The van der Waals surface area contributed by atoms with Crippen LogP contribution in [0.2, 0.25) is 0 Å². The van der Waals surface area contributed by atoms with Crippen molar-refractivity contribution in [2.45, 2.75) is 30.7 Å². The van der Waals surface area contributed by atoms with E-state index >= 15 is 0 Å². The number of rotatable bonds is 5. The summed E-state index contributed by atoms with van der Waals surface area (Å²) in [5.41, 5.74) is -0.776. The average molecular weight is 340 g/mol. The molecule has 0 heterocycles. The Hall–Kier alpha value is -0.500. The largest absolute Gasteiger partial charge is 0.396 e. The van der Waals surface area contributed by atoms with E-state index in [4.69, 9.17) is 5.11 Å². The summed E-state index contributed by atoms with van der Waals surface area (Å²) in [5, 5.41) is 8.87. The van der Waals surface area contributed by atoms with Crippen LogP contribution in [0.25, 0.3) is 0 Å². The Labute approximate surface area is 114 Å². The number of sulfonamides is 1. The molecule has 0 spiro atoms. The van der Waals surface area contributed by atoms with Crippen LogP contribution in [0.4, 0.5) is 4.39 Å². The highest BCUT2D eigenvalue weighted by Crippen LogP contribution is 2.24. The van der Waals surface area contributed by atoms with Gasteiger partial charge in [0.15, 0.2) is 0 Å². The molecular formula is C11H15BrFNO3S. The lowest BCUT2D eigenvalue weighted by atomic mass is 10.0. The van der Waals surface area contributed by atoms with E-state index in [-0.39, 0.29) is 22.4 Å². The summed E-state index contributed by atoms with van der Waals surface area (Å²) in [7, 11) is -3.76. The molecule has 0 aliphatic carbocycles. The van der Waals surface area contributed by atoms with Gasteiger partial charge in [-0.15, -0.1) is 0 Å². The molecule has 0 radical (unpaired) electrons. The minimum atomic E-state index is -3.76. The zero-order valence-electron chi connectivity index (χ0n) is 10.1. The van der Waals surface area contributed by atoms with Crippen LogP contribution >= 0.6 is 15.9 Å². The quantitative estimate of drug-likeness (QED) is 0.862.